The van der Waals surface area contributed by atoms with E-state index in [0.717, 1.165) is 33.7 Å². The molecule has 1 aromatic carbocycles. The molecule has 0 aliphatic heterocycles. The van der Waals surface area contributed by atoms with E-state index in [9.17, 15) is 0 Å². The summed E-state index contributed by atoms with van der Waals surface area (Å²) in [5.74, 6) is 2.30. The lowest BCUT2D eigenvalue weighted by Crippen LogP contribution is -2.40. The van der Waals surface area contributed by atoms with Crippen LogP contribution in [0, 0.1) is 17.8 Å². The van der Waals surface area contributed by atoms with E-state index in [0.29, 0.717) is 11.8 Å². The van der Waals surface area contributed by atoms with Crippen LogP contribution in [-0.4, -0.2) is 21.4 Å². The maximum atomic E-state index is 6.60. The Balaban J connectivity index is 1.98. The number of benzene rings is 1. The second-order valence-electron chi connectivity index (χ2n) is 6.91. The number of hydrogen-bond acceptors (Lipinski definition) is 1. The maximum absolute atomic E-state index is 6.60. The fraction of sp³-hybridized carbons (Fsp3) is 0.684. The Bertz CT molecular complexity index is 403. The van der Waals surface area contributed by atoms with Gasteiger partial charge in [-0.25, -0.2) is 0 Å². The number of rotatable bonds is 6. The molecule has 0 saturated heterocycles. The van der Waals surface area contributed by atoms with Crippen molar-refractivity contribution in [3.8, 4) is 0 Å². The first-order valence-corrected chi connectivity index (χ1v) is 9.65. The maximum Gasteiger partial charge on any atom is 0.119 e. The fourth-order valence-corrected chi connectivity index (χ4v) is 4.64. The Labute approximate surface area is 133 Å². The summed E-state index contributed by atoms with van der Waals surface area (Å²) in [6.07, 6.45) is 5.55. The van der Waals surface area contributed by atoms with Gasteiger partial charge in [0.25, 0.3) is 0 Å². The van der Waals surface area contributed by atoms with Crippen molar-refractivity contribution < 1.29 is 4.74 Å². The molecule has 2 radical (unpaired) electrons. The molecule has 4 atom stereocenters. The first-order valence-electron chi connectivity index (χ1n) is 8.57. The zero-order chi connectivity index (χ0) is 15.2. The van der Waals surface area contributed by atoms with Crippen LogP contribution in [0.15, 0.2) is 30.3 Å². The summed E-state index contributed by atoms with van der Waals surface area (Å²) in [7, 11) is 0.773. The molecule has 2 heteroatoms. The van der Waals surface area contributed by atoms with Gasteiger partial charge in [-0.2, -0.15) is 0 Å². The molecular weight excluding hydrogens is 272 g/mol. The molecule has 0 spiro atoms. The number of hydrogen-bond donors (Lipinski definition) is 0. The third-order valence-corrected chi connectivity index (χ3v) is 6.31. The van der Waals surface area contributed by atoms with Crippen LogP contribution in [0.2, 0.25) is 0 Å². The standard InChI is InChI=1S/C19H30OSi/c1-5-19(21-16-9-7-6-8-10-16)20-18-13-15(4)11-12-17(18)14(2)3/h6-10,14-15,17-19H,5,11-13H2,1-4H3. The van der Waals surface area contributed by atoms with Crippen molar-refractivity contribution in [3.05, 3.63) is 30.3 Å². The lowest BCUT2D eigenvalue weighted by molar-refractivity contribution is -0.0541. The van der Waals surface area contributed by atoms with Crippen molar-refractivity contribution in [2.75, 3.05) is 0 Å². The third-order valence-electron chi connectivity index (χ3n) is 4.77. The lowest BCUT2D eigenvalue weighted by Gasteiger charge is -2.39. The average molecular weight is 303 g/mol. The second kappa shape index (κ2) is 8.14. The van der Waals surface area contributed by atoms with Gasteiger partial charge in [-0.3, -0.25) is 0 Å². The van der Waals surface area contributed by atoms with Gasteiger partial charge in [0.05, 0.1) is 6.10 Å². The molecule has 1 aliphatic rings. The van der Waals surface area contributed by atoms with E-state index in [1.165, 1.54) is 24.4 Å². The van der Waals surface area contributed by atoms with Crippen LogP contribution in [0.5, 0.6) is 0 Å². The van der Waals surface area contributed by atoms with E-state index in [2.05, 4.69) is 58.0 Å². The van der Waals surface area contributed by atoms with Crippen molar-refractivity contribution in [1.82, 2.24) is 0 Å². The average Bonchev–Trinajstić information content (AvgIpc) is 2.47. The largest absolute Gasteiger partial charge is 0.378 e. The molecule has 0 aromatic heterocycles. The van der Waals surface area contributed by atoms with E-state index >= 15 is 0 Å². The molecule has 1 nitrogen and oxygen atoms in total. The van der Waals surface area contributed by atoms with Crippen LogP contribution in [0.25, 0.3) is 0 Å². The Morgan fingerprint density at radius 3 is 2.52 bits per heavy atom. The monoisotopic (exact) mass is 302 g/mol. The van der Waals surface area contributed by atoms with Gasteiger partial charge in [0.2, 0.25) is 0 Å². The van der Waals surface area contributed by atoms with Crippen LogP contribution in [-0.2, 0) is 4.74 Å². The first-order chi connectivity index (χ1) is 10.1. The van der Waals surface area contributed by atoms with Gasteiger partial charge in [0, 0.05) is 5.73 Å². The molecule has 0 N–H and O–H groups in total. The van der Waals surface area contributed by atoms with Gasteiger partial charge in [-0.05, 0) is 37.0 Å². The van der Waals surface area contributed by atoms with E-state index in [-0.39, 0.29) is 0 Å². The Morgan fingerprint density at radius 1 is 1.19 bits per heavy atom. The molecule has 1 aliphatic carbocycles. The Kier molecular flexibility index (Phi) is 6.50. The highest BCUT2D eigenvalue weighted by Crippen LogP contribution is 2.35. The van der Waals surface area contributed by atoms with Crippen molar-refractivity contribution >= 4 is 14.7 Å². The Hall–Kier alpha value is -0.603. The topological polar surface area (TPSA) is 9.23 Å². The van der Waals surface area contributed by atoms with Crippen LogP contribution < -0.4 is 5.19 Å². The first kappa shape index (κ1) is 16.8. The molecular formula is C19H30OSi. The summed E-state index contributed by atoms with van der Waals surface area (Å²) in [5, 5.41) is 1.43. The third kappa shape index (κ3) is 4.96. The Morgan fingerprint density at radius 2 is 1.90 bits per heavy atom. The molecule has 2 rings (SSSR count). The van der Waals surface area contributed by atoms with Gasteiger partial charge >= 0.3 is 0 Å². The molecule has 0 amide bonds. The summed E-state index contributed by atoms with van der Waals surface area (Å²) < 4.78 is 6.60. The predicted molar refractivity (Wildman–Crippen MR) is 92.1 cm³/mol. The minimum Gasteiger partial charge on any atom is -0.378 e. The summed E-state index contributed by atoms with van der Waals surface area (Å²) in [6.45, 7) is 9.36. The quantitative estimate of drug-likeness (QED) is 0.715. The molecule has 0 bridgehead atoms. The van der Waals surface area contributed by atoms with Crippen LogP contribution in [0.1, 0.15) is 53.4 Å². The van der Waals surface area contributed by atoms with Crippen LogP contribution >= 0.6 is 0 Å². The highest BCUT2D eigenvalue weighted by molar-refractivity contribution is 6.54. The summed E-state index contributed by atoms with van der Waals surface area (Å²) in [6, 6.07) is 10.8. The second-order valence-corrected chi connectivity index (χ2v) is 8.42. The van der Waals surface area contributed by atoms with Crippen LogP contribution in [0.4, 0.5) is 0 Å². The predicted octanol–water partition coefficient (Wildman–Crippen LogP) is 4.23. The van der Waals surface area contributed by atoms with Crippen molar-refractivity contribution in [2.24, 2.45) is 17.8 Å². The summed E-state index contributed by atoms with van der Waals surface area (Å²) >= 11 is 0. The molecule has 4 unspecified atom stereocenters. The van der Waals surface area contributed by atoms with E-state index < -0.39 is 0 Å². The smallest absolute Gasteiger partial charge is 0.119 e. The van der Waals surface area contributed by atoms with Crippen molar-refractivity contribution in [3.63, 3.8) is 0 Å². The number of ether oxygens (including phenoxy) is 1. The van der Waals surface area contributed by atoms with Crippen molar-refractivity contribution in [2.45, 2.75) is 65.2 Å². The van der Waals surface area contributed by atoms with Crippen LogP contribution in [0.3, 0.4) is 0 Å². The van der Waals surface area contributed by atoms with Gasteiger partial charge in [0.15, 0.2) is 0 Å². The minimum absolute atomic E-state index is 0.393. The SMILES string of the molecule is CCC(OC1CC(C)CCC1C(C)C)[Si]c1ccccc1. The van der Waals surface area contributed by atoms with Gasteiger partial charge in [-0.15, -0.1) is 0 Å². The van der Waals surface area contributed by atoms with E-state index in [4.69, 9.17) is 4.74 Å². The molecule has 0 heterocycles. The van der Waals surface area contributed by atoms with Crippen molar-refractivity contribution in [1.29, 1.82) is 0 Å². The zero-order valence-corrected chi connectivity index (χ0v) is 15.0. The molecule has 116 valence electrons. The van der Waals surface area contributed by atoms with Gasteiger partial charge < -0.3 is 4.74 Å². The van der Waals surface area contributed by atoms with Gasteiger partial charge in [-0.1, -0.05) is 69.6 Å². The summed E-state index contributed by atoms with van der Waals surface area (Å²) in [5.41, 5.74) is 0.393. The lowest BCUT2D eigenvalue weighted by atomic mass is 9.75. The van der Waals surface area contributed by atoms with E-state index in [1.807, 2.05) is 0 Å². The molecule has 1 fully saturated rings. The highest BCUT2D eigenvalue weighted by atomic mass is 28.2. The molecule has 1 saturated carbocycles. The normalized spacial score (nSPS) is 27.8. The van der Waals surface area contributed by atoms with Gasteiger partial charge in [0.1, 0.15) is 9.52 Å². The molecule has 21 heavy (non-hydrogen) atoms. The summed E-state index contributed by atoms with van der Waals surface area (Å²) in [4.78, 5) is 0. The molecule has 1 aromatic rings. The highest BCUT2D eigenvalue weighted by Gasteiger charge is 2.32. The minimum atomic E-state index is 0.393. The fourth-order valence-electron chi connectivity index (χ4n) is 3.43. The zero-order valence-electron chi connectivity index (χ0n) is 14.0. The van der Waals surface area contributed by atoms with E-state index in [1.54, 1.807) is 0 Å².